The highest BCUT2D eigenvalue weighted by Gasteiger charge is 2.39. The van der Waals surface area contributed by atoms with Gasteiger partial charge in [0.25, 0.3) is 5.91 Å². The van der Waals surface area contributed by atoms with Crippen LogP contribution in [0.1, 0.15) is 72.5 Å². The molecule has 0 bridgehead atoms. The quantitative estimate of drug-likeness (QED) is 0.406. The first kappa shape index (κ1) is 26.3. The van der Waals surface area contributed by atoms with Crippen LogP contribution in [0.2, 0.25) is 5.02 Å². The fraction of sp³-hybridized carbons (Fsp3) is 0.357. The number of amides is 1. The van der Waals surface area contributed by atoms with Crippen molar-refractivity contribution >= 4 is 27.3 Å². The second-order valence-corrected chi connectivity index (χ2v) is 12.3. The molecule has 4 rings (SSSR count). The van der Waals surface area contributed by atoms with Gasteiger partial charge in [-0.3, -0.25) is 14.7 Å². The normalized spacial score (nSPS) is 17.8. The number of nitrogens with one attached hydrogen (secondary N) is 1. The lowest BCUT2D eigenvalue weighted by molar-refractivity contribution is 0.0950. The number of nitrogens with zero attached hydrogens (tertiary/aromatic N) is 2. The Labute approximate surface area is 218 Å². The highest BCUT2D eigenvalue weighted by molar-refractivity contribution is 7.91. The third-order valence-corrected chi connectivity index (χ3v) is 8.82. The Bertz CT molecular complexity index is 1340. The fourth-order valence-electron chi connectivity index (χ4n) is 4.78. The molecule has 0 aliphatic carbocycles. The van der Waals surface area contributed by atoms with E-state index in [1.807, 2.05) is 30.3 Å². The number of carbonyl (C=O) groups excluding carboxylic acids is 1. The third-order valence-electron chi connectivity index (χ3n) is 6.82. The monoisotopic (exact) mass is 525 g/mol. The van der Waals surface area contributed by atoms with E-state index >= 15 is 0 Å². The summed E-state index contributed by atoms with van der Waals surface area (Å²) in [6.07, 6.45) is 1.65. The smallest absolute Gasteiger partial charge is 0.253 e. The molecule has 2 aromatic carbocycles. The van der Waals surface area contributed by atoms with Crippen LogP contribution in [-0.2, 0) is 22.9 Å². The average Bonchev–Trinajstić information content (AvgIpc) is 3.15. The summed E-state index contributed by atoms with van der Waals surface area (Å²) in [5.74, 6) is 0.203. The van der Waals surface area contributed by atoms with E-state index in [0.717, 1.165) is 28.4 Å². The Morgan fingerprint density at radius 3 is 2.33 bits per heavy atom. The molecule has 190 valence electrons. The highest BCUT2D eigenvalue weighted by atomic mass is 35.5. The van der Waals surface area contributed by atoms with Gasteiger partial charge in [-0.15, -0.1) is 0 Å². The van der Waals surface area contributed by atoms with Crippen LogP contribution >= 0.6 is 11.6 Å². The van der Waals surface area contributed by atoms with Gasteiger partial charge in [0.1, 0.15) is 0 Å². The van der Waals surface area contributed by atoms with Crippen LogP contribution in [0.5, 0.6) is 0 Å². The zero-order valence-electron chi connectivity index (χ0n) is 21.0. The van der Waals surface area contributed by atoms with Crippen molar-refractivity contribution in [1.82, 2.24) is 15.2 Å². The van der Waals surface area contributed by atoms with Crippen molar-refractivity contribution in [2.24, 2.45) is 5.92 Å². The Kier molecular flexibility index (Phi) is 7.83. The Morgan fingerprint density at radius 2 is 1.72 bits per heavy atom. The maximum atomic E-state index is 12.9. The highest BCUT2D eigenvalue weighted by Crippen LogP contribution is 2.45. The number of hydrogen-bond donors (Lipinski definition) is 1. The second-order valence-electron chi connectivity index (χ2n) is 9.59. The average molecular weight is 526 g/mol. The van der Waals surface area contributed by atoms with Crippen LogP contribution in [0.3, 0.4) is 0 Å². The molecule has 36 heavy (non-hydrogen) atoms. The first-order valence-corrected chi connectivity index (χ1v) is 14.2. The van der Waals surface area contributed by atoms with Gasteiger partial charge in [-0.1, -0.05) is 56.6 Å². The summed E-state index contributed by atoms with van der Waals surface area (Å²) < 4.78 is 24.0. The predicted octanol–water partition coefficient (Wildman–Crippen LogP) is 5.73. The van der Waals surface area contributed by atoms with Crippen LogP contribution in [0.15, 0.2) is 65.7 Å². The molecular formula is C28H32ClN3O3S. The standard InChI is InChI=1S/C28H32ClN3O3S/c1-5-36(34,35)24-12-8-20(9-13-24)15-31-28(33)22-14-25-19(4)32(17-21-6-10-23(29)11-7-21)27(18(2)3)26(25)30-16-22/h6-14,16,18-19,27H,5,15,17H2,1-4H3,(H,31,33)/t19-,27+/m1/s1. The zero-order valence-corrected chi connectivity index (χ0v) is 22.6. The molecule has 1 amide bonds. The van der Waals surface area contributed by atoms with Crippen molar-refractivity contribution in [2.45, 2.75) is 57.8 Å². The van der Waals surface area contributed by atoms with E-state index in [2.05, 4.69) is 31.0 Å². The Balaban J connectivity index is 1.49. The van der Waals surface area contributed by atoms with E-state index < -0.39 is 9.84 Å². The van der Waals surface area contributed by atoms with Crippen LogP contribution < -0.4 is 5.32 Å². The first-order chi connectivity index (χ1) is 17.1. The van der Waals surface area contributed by atoms with Crippen molar-refractivity contribution in [2.75, 3.05) is 5.75 Å². The lowest BCUT2D eigenvalue weighted by Crippen LogP contribution is -2.28. The number of hydrogen-bond acceptors (Lipinski definition) is 5. The summed E-state index contributed by atoms with van der Waals surface area (Å²) in [5, 5.41) is 3.65. The van der Waals surface area contributed by atoms with E-state index in [9.17, 15) is 13.2 Å². The van der Waals surface area contributed by atoms with E-state index in [1.54, 1.807) is 37.4 Å². The number of sulfone groups is 1. The van der Waals surface area contributed by atoms with Crippen molar-refractivity contribution in [3.63, 3.8) is 0 Å². The maximum Gasteiger partial charge on any atom is 0.253 e. The van der Waals surface area contributed by atoms with Gasteiger partial charge in [0.2, 0.25) is 0 Å². The number of pyridine rings is 1. The van der Waals surface area contributed by atoms with Crippen molar-refractivity contribution in [1.29, 1.82) is 0 Å². The largest absolute Gasteiger partial charge is 0.348 e. The van der Waals surface area contributed by atoms with Gasteiger partial charge < -0.3 is 5.32 Å². The Hall–Kier alpha value is -2.74. The Morgan fingerprint density at radius 1 is 1.08 bits per heavy atom. The molecule has 0 fully saturated rings. The minimum Gasteiger partial charge on any atom is -0.348 e. The molecule has 1 N–H and O–H groups in total. The summed E-state index contributed by atoms with van der Waals surface area (Å²) in [7, 11) is -3.24. The van der Waals surface area contributed by atoms with Gasteiger partial charge in [0.15, 0.2) is 9.84 Å². The molecule has 0 radical (unpaired) electrons. The molecule has 6 nitrogen and oxygen atoms in total. The van der Waals surface area contributed by atoms with Gasteiger partial charge in [0.05, 0.1) is 27.9 Å². The maximum absolute atomic E-state index is 12.9. The summed E-state index contributed by atoms with van der Waals surface area (Å²) in [4.78, 5) is 20.4. The van der Waals surface area contributed by atoms with Gasteiger partial charge in [-0.2, -0.15) is 0 Å². The molecule has 0 unspecified atom stereocenters. The molecule has 0 saturated carbocycles. The lowest BCUT2D eigenvalue weighted by Gasteiger charge is -2.31. The number of fused-ring (bicyclic) bond motifs is 1. The van der Waals surface area contributed by atoms with Crippen molar-refractivity contribution in [3.05, 3.63) is 93.8 Å². The SMILES string of the molecule is CCS(=O)(=O)c1ccc(CNC(=O)c2cnc3c(c2)[C@@H](C)N(Cc2ccc(Cl)cc2)[C@H]3C(C)C)cc1. The van der Waals surface area contributed by atoms with Crippen LogP contribution in [0, 0.1) is 5.92 Å². The minimum absolute atomic E-state index is 0.0572. The van der Waals surface area contributed by atoms with Gasteiger partial charge in [-0.25, -0.2) is 8.42 Å². The van der Waals surface area contributed by atoms with Crippen molar-refractivity contribution in [3.8, 4) is 0 Å². The molecule has 0 spiro atoms. The molecule has 2 atom stereocenters. The van der Waals surface area contributed by atoms with E-state index in [4.69, 9.17) is 16.6 Å². The van der Waals surface area contributed by atoms with Gasteiger partial charge >= 0.3 is 0 Å². The number of carbonyl (C=O) groups is 1. The number of aromatic nitrogens is 1. The minimum atomic E-state index is -3.24. The van der Waals surface area contributed by atoms with Crippen LogP contribution in [0.25, 0.3) is 0 Å². The first-order valence-electron chi connectivity index (χ1n) is 12.2. The summed E-state index contributed by atoms with van der Waals surface area (Å²) in [6, 6.07) is 16.8. The molecule has 1 aliphatic heterocycles. The molecule has 8 heteroatoms. The second kappa shape index (κ2) is 10.7. The summed E-state index contributed by atoms with van der Waals surface area (Å²) in [6.45, 7) is 9.24. The number of rotatable bonds is 8. The van der Waals surface area contributed by atoms with Crippen molar-refractivity contribution < 1.29 is 13.2 Å². The van der Waals surface area contributed by atoms with Crippen LogP contribution in [-0.4, -0.2) is 30.0 Å². The van der Waals surface area contributed by atoms with Crippen LogP contribution in [0.4, 0.5) is 0 Å². The summed E-state index contributed by atoms with van der Waals surface area (Å²) >= 11 is 6.07. The van der Waals surface area contributed by atoms with E-state index in [0.29, 0.717) is 22.9 Å². The molecule has 2 heterocycles. The zero-order chi connectivity index (χ0) is 26.0. The van der Waals surface area contributed by atoms with Gasteiger partial charge in [0, 0.05) is 30.4 Å². The summed E-state index contributed by atoms with van der Waals surface area (Å²) in [5.41, 5.74) is 4.62. The third kappa shape index (κ3) is 5.48. The van der Waals surface area contributed by atoms with E-state index in [-0.39, 0.29) is 23.7 Å². The number of benzene rings is 2. The molecule has 1 aliphatic rings. The number of halogens is 1. The molecule has 1 aromatic heterocycles. The predicted molar refractivity (Wildman–Crippen MR) is 143 cm³/mol. The molecule has 3 aromatic rings. The lowest BCUT2D eigenvalue weighted by atomic mass is 9.99. The molecule has 0 saturated heterocycles. The fourth-order valence-corrected chi connectivity index (χ4v) is 5.79. The van der Waals surface area contributed by atoms with Gasteiger partial charge in [-0.05, 0) is 59.9 Å². The van der Waals surface area contributed by atoms with E-state index in [1.165, 1.54) is 5.56 Å². The molecular weight excluding hydrogens is 494 g/mol. The topological polar surface area (TPSA) is 79.4 Å².